The SMILES string of the molecule is COCC(=O)N1CCN(C[C@]2(OC)/C=C/C[C@H](C)[C@@H](C)S(=O)(=O)NC(=O)c3ccc4c(c3)N(CCCCc3cc(Cl)ccc3CO4)C[C@@H]3CC[C@H]32)CC1. The highest BCUT2D eigenvalue weighted by molar-refractivity contribution is 7.90. The van der Waals surface area contributed by atoms with Crippen LogP contribution in [0, 0.1) is 17.8 Å². The molecule has 290 valence electrons. The zero-order valence-electron chi connectivity index (χ0n) is 31.5. The molecule has 13 heteroatoms. The van der Waals surface area contributed by atoms with Crippen molar-refractivity contribution in [1.82, 2.24) is 14.5 Å². The van der Waals surface area contributed by atoms with Gasteiger partial charge in [0.05, 0.1) is 10.9 Å². The van der Waals surface area contributed by atoms with Crippen LogP contribution in [0.15, 0.2) is 48.6 Å². The molecular weight excluding hydrogens is 716 g/mol. The molecule has 2 bridgehead atoms. The van der Waals surface area contributed by atoms with Crippen molar-refractivity contribution in [3.8, 4) is 5.75 Å². The van der Waals surface area contributed by atoms with Crippen LogP contribution < -0.4 is 14.4 Å². The third-order valence-electron chi connectivity index (χ3n) is 12.0. The second-order valence-corrected chi connectivity index (χ2v) is 17.8. The van der Waals surface area contributed by atoms with Crippen molar-refractivity contribution in [1.29, 1.82) is 0 Å². The Kier molecular flexibility index (Phi) is 12.8. The summed E-state index contributed by atoms with van der Waals surface area (Å²) < 4.78 is 47.7. The number of methoxy groups -OCH3 is 2. The van der Waals surface area contributed by atoms with Crippen LogP contribution in [-0.2, 0) is 37.3 Å². The Morgan fingerprint density at radius 2 is 1.81 bits per heavy atom. The largest absolute Gasteiger partial charge is 0.487 e. The number of aryl methyl sites for hydroxylation is 1. The summed E-state index contributed by atoms with van der Waals surface area (Å²) in [5, 5.41) is -0.115. The molecule has 53 heavy (non-hydrogen) atoms. The molecular formula is C40H55ClN4O7S. The van der Waals surface area contributed by atoms with Gasteiger partial charge in [-0.15, -0.1) is 0 Å². The number of nitrogens with zero attached hydrogens (tertiary/aromatic N) is 3. The zero-order chi connectivity index (χ0) is 37.8. The summed E-state index contributed by atoms with van der Waals surface area (Å²) in [6.07, 6.45) is 9.52. The van der Waals surface area contributed by atoms with Crippen molar-refractivity contribution >= 4 is 39.1 Å². The standard InChI is InChI=1S/C40H55ClN4O7S/c1-28-8-7-16-40(51-4,27-43-18-20-44(21-19-43)38(46)26-50-3)35-14-11-32(35)24-45-17-6-5-9-30-22-34(41)13-10-33(30)25-52-37-15-12-31(23-36(37)45)39(47)42-53(48,49)29(28)2/h7,10,12-13,15-16,22-23,28-29,32,35H,5-6,8-9,11,14,17-21,24-27H2,1-4H3,(H,42,47)/b16-7+/t28-,29+,32-,35+,40+/m0/s1. The second-order valence-electron chi connectivity index (χ2n) is 15.3. The van der Waals surface area contributed by atoms with Crippen molar-refractivity contribution in [2.75, 3.05) is 71.5 Å². The number of amides is 2. The Morgan fingerprint density at radius 3 is 2.53 bits per heavy atom. The number of halogens is 1. The highest BCUT2D eigenvalue weighted by Gasteiger charge is 2.48. The lowest BCUT2D eigenvalue weighted by atomic mass is 9.63. The summed E-state index contributed by atoms with van der Waals surface area (Å²) in [4.78, 5) is 32.7. The maximum Gasteiger partial charge on any atom is 0.264 e. The topological polar surface area (TPSA) is 118 Å². The minimum Gasteiger partial charge on any atom is -0.487 e. The maximum atomic E-state index is 13.6. The Balaban J connectivity index is 1.35. The smallest absolute Gasteiger partial charge is 0.264 e. The monoisotopic (exact) mass is 770 g/mol. The first-order valence-corrected chi connectivity index (χ1v) is 20.9. The number of allylic oxidation sites excluding steroid dienone is 1. The van der Waals surface area contributed by atoms with Crippen molar-refractivity contribution in [2.45, 2.75) is 69.8 Å². The van der Waals surface area contributed by atoms with Crippen LogP contribution in [0.5, 0.6) is 5.75 Å². The molecule has 2 aromatic rings. The third kappa shape index (κ3) is 9.05. The molecule has 3 aliphatic heterocycles. The molecule has 0 radical (unpaired) electrons. The van der Waals surface area contributed by atoms with Crippen LogP contribution in [0.4, 0.5) is 5.69 Å². The van der Waals surface area contributed by atoms with E-state index in [1.807, 2.05) is 30.0 Å². The van der Waals surface area contributed by atoms with Crippen LogP contribution in [0.2, 0.25) is 5.02 Å². The van der Waals surface area contributed by atoms with Crippen molar-refractivity contribution in [3.05, 3.63) is 70.3 Å². The molecule has 4 aliphatic rings. The lowest BCUT2D eigenvalue weighted by Gasteiger charge is -2.52. The number of anilines is 1. The Hall–Kier alpha value is -3.16. The second kappa shape index (κ2) is 17.1. The number of nitrogens with one attached hydrogen (secondary N) is 1. The molecule has 3 heterocycles. The number of carbonyl (C=O) groups is 2. The fraction of sp³-hybridized carbons (Fsp3) is 0.600. The molecule has 1 N–H and O–H groups in total. The first kappa shape index (κ1) is 39.5. The summed E-state index contributed by atoms with van der Waals surface area (Å²) in [6, 6.07) is 11.2. The molecule has 5 atom stereocenters. The van der Waals surface area contributed by atoms with E-state index in [4.69, 9.17) is 25.8 Å². The molecule has 1 saturated carbocycles. The van der Waals surface area contributed by atoms with Crippen molar-refractivity contribution < 1.29 is 32.2 Å². The van der Waals surface area contributed by atoms with Crippen LogP contribution in [0.1, 0.15) is 67.4 Å². The molecule has 2 aromatic carbocycles. The molecule has 0 spiro atoms. The van der Waals surface area contributed by atoms with E-state index in [-0.39, 0.29) is 29.9 Å². The minimum atomic E-state index is -3.99. The minimum absolute atomic E-state index is 0.00192. The van der Waals surface area contributed by atoms with E-state index in [0.29, 0.717) is 49.4 Å². The molecule has 1 aliphatic carbocycles. The van der Waals surface area contributed by atoms with E-state index in [2.05, 4.69) is 26.7 Å². The van der Waals surface area contributed by atoms with E-state index in [1.54, 1.807) is 39.3 Å². The quantitative estimate of drug-likeness (QED) is 0.404. The van der Waals surface area contributed by atoms with Crippen LogP contribution in [-0.4, -0.2) is 108 Å². The van der Waals surface area contributed by atoms with Gasteiger partial charge >= 0.3 is 0 Å². The van der Waals surface area contributed by atoms with Gasteiger partial charge in [-0.3, -0.25) is 14.5 Å². The van der Waals surface area contributed by atoms with Gasteiger partial charge < -0.3 is 24.0 Å². The van der Waals surface area contributed by atoms with Crippen molar-refractivity contribution in [2.24, 2.45) is 17.8 Å². The van der Waals surface area contributed by atoms with E-state index < -0.39 is 26.8 Å². The predicted octanol–water partition coefficient (Wildman–Crippen LogP) is 5.31. The van der Waals surface area contributed by atoms with Gasteiger partial charge in [0.15, 0.2) is 0 Å². The number of carbonyl (C=O) groups excluding carboxylic acids is 2. The summed E-state index contributed by atoms with van der Waals surface area (Å²) in [5.74, 6) is 0.224. The summed E-state index contributed by atoms with van der Waals surface area (Å²) in [6.45, 7) is 8.82. The Bertz CT molecular complexity index is 1760. The molecule has 1 saturated heterocycles. The molecule has 6 rings (SSSR count). The van der Waals surface area contributed by atoms with Crippen LogP contribution >= 0.6 is 11.6 Å². The Morgan fingerprint density at radius 1 is 1.02 bits per heavy atom. The van der Waals surface area contributed by atoms with Crippen LogP contribution in [0.3, 0.4) is 0 Å². The molecule has 0 aromatic heterocycles. The number of piperazine rings is 1. The number of hydrogen-bond acceptors (Lipinski definition) is 9. The molecule has 2 amide bonds. The first-order chi connectivity index (χ1) is 25.4. The molecule has 11 nitrogen and oxygen atoms in total. The number of benzene rings is 2. The Labute approximate surface area is 320 Å². The number of fused-ring (bicyclic) bond motifs is 3. The number of ether oxygens (including phenoxy) is 3. The van der Waals surface area contributed by atoms with E-state index in [0.717, 1.165) is 69.5 Å². The molecule has 2 fully saturated rings. The number of sulfonamides is 1. The van der Waals surface area contributed by atoms with Crippen molar-refractivity contribution in [3.63, 3.8) is 0 Å². The van der Waals surface area contributed by atoms with Gasteiger partial charge in [-0.25, -0.2) is 13.1 Å². The zero-order valence-corrected chi connectivity index (χ0v) is 33.1. The molecule has 0 unspecified atom stereocenters. The number of rotatable bonds is 5. The van der Waals surface area contributed by atoms with Gasteiger partial charge in [0.1, 0.15) is 24.6 Å². The summed E-state index contributed by atoms with van der Waals surface area (Å²) in [7, 11) is -0.660. The lowest BCUT2D eigenvalue weighted by molar-refractivity contribution is -0.138. The van der Waals surface area contributed by atoms with Gasteiger partial charge in [-0.2, -0.15) is 0 Å². The van der Waals surface area contributed by atoms with Gasteiger partial charge in [-0.05, 0) is 105 Å². The van der Waals surface area contributed by atoms with Gasteiger partial charge in [-0.1, -0.05) is 36.7 Å². The average Bonchev–Trinajstić information content (AvgIpc) is 3.15. The summed E-state index contributed by atoms with van der Waals surface area (Å²) in [5.41, 5.74) is 2.67. The van der Waals surface area contributed by atoms with Gasteiger partial charge in [0.25, 0.3) is 5.91 Å². The van der Waals surface area contributed by atoms with E-state index in [9.17, 15) is 18.0 Å². The lowest BCUT2D eigenvalue weighted by Crippen LogP contribution is -2.59. The highest BCUT2D eigenvalue weighted by Crippen LogP contribution is 2.47. The highest BCUT2D eigenvalue weighted by atomic mass is 35.5. The van der Waals surface area contributed by atoms with E-state index in [1.165, 1.54) is 5.56 Å². The maximum absolute atomic E-state index is 13.6. The summed E-state index contributed by atoms with van der Waals surface area (Å²) >= 11 is 6.39. The fourth-order valence-corrected chi connectivity index (χ4v) is 9.83. The third-order valence-corrected chi connectivity index (χ3v) is 14.2. The van der Waals surface area contributed by atoms with Gasteiger partial charge in [0, 0.05) is 70.6 Å². The van der Waals surface area contributed by atoms with Crippen LogP contribution in [0.25, 0.3) is 0 Å². The predicted molar refractivity (Wildman–Crippen MR) is 207 cm³/mol. The number of hydrogen-bond donors (Lipinski definition) is 1. The normalized spacial score (nSPS) is 29.0. The average molecular weight is 771 g/mol. The van der Waals surface area contributed by atoms with E-state index >= 15 is 0 Å². The fourth-order valence-electron chi connectivity index (χ4n) is 8.35. The first-order valence-electron chi connectivity index (χ1n) is 19.0. The van der Waals surface area contributed by atoms with Gasteiger partial charge in [0.2, 0.25) is 15.9 Å².